The molecule has 0 saturated heterocycles. The lowest BCUT2D eigenvalue weighted by atomic mass is 10.0. The first-order valence-electron chi connectivity index (χ1n) is 7.65. The van der Waals surface area contributed by atoms with Gasteiger partial charge in [-0.3, -0.25) is 9.78 Å². The lowest BCUT2D eigenvalue weighted by Gasteiger charge is -2.19. The Morgan fingerprint density at radius 3 is 2.71 bits per heavy atom. The van der Waals surface area contributed by atoms with Crippen LogP contribution in [0.1, 0.15) is 27.0 Å². The molecule has 0 bridgehead atoms. The van der Waals surface area contributed by atoms with Crippen molar-refractivity contribution in [3.8, 4) is 6.07 Å². The highest BCUT2D eigenvalue weighted by Gasteiger charge is 2.18. The summed E-state index contributed by atoms with van der Waals surface area (Å²) in [6.45, 7) is 3.98. The van der Waals surface area contributed by atoms with Crippen molar-refractivity contribution in [2.45, 2.75) is 13.8 Å². The number of hydrogen-bond acceptors (Lipinski definition) is 3. The first-order chi connectivity index (χ1) is 11.5. The summed E-state index contributed by atoms with van der Waals surface area (Å²) in [4.78, 5) is 19.0. The fourth-order valence-electron chi connectivity index (χ4n) is 2.78. The number of fused-ring (bicyclic) bond motifs is 1. The molecule has 1 aromatic heterocycles. The van der Waals surface area contributed by atoms with E-state index >= 15 is 0 Å². The quantitative estimate of drug-likeness (QED) is 0.718. The van der Waals surface area contributed by atoms with E-state index < -0.39 is 0 Å². The molecule has 3 rings (SSSR count). The van der Waals surface area contributed by atoms with Gasteiger partial charge in [0.05, 0.1) is 22.7 Å². The molecule has 0 atom stereocenters. The van der Waals surface area contributed by atoms with Crippen molar-refractivity contribution in [1.82, 2.24) is 4.98 Å². The lowest BCUT2D eigenvalue weighted by Crippen LogP contribution is -2.26. The average molecular weight is 315 g/mol. The van der Waals surface area contributed by atoms with Gasteiger partial charge in [-0.1, -0.05) is 6.07 Å². The maximum absolute atomic E-state index is 13.0. The molecule has 1 heterocycles. The summed E-state index contributed by atoms with van der Waals surface area (Å²) >= 11 is 0. The van der Waals surface area contributed by atoms with Crippen LogP contribution in [0.15, 0.2) is 48.7 Å². The molecule has 3 aromatic rings. The van der Waals surface area contributed by atoms with Gasteiger partial charge in [0.15, 0.2) is 0 Å². The largest absolute Gasteiger partial charge is 0.311 e. The molecule has 0 aliphatic rings. The predicted molar refractivity (Wildman–Crippen MR) is 95.1 cm³/mol. The van der Waals surface area contributed by atoms with Crippen LogP contribution in [-0.2, 0) is 0 Å². The fourth-order valence-corrected chi connectivity index (χ4v) is 2.78. The van der Waals surface area contributed by atoms with E-state index in [0.717, 1.165) is 16.5 Å². The van der Waals surface area contributed by atoms with Crippen LogP contribution in [0.5, 0.6) is 0 Å². The second-order valence-electron chi connectivity index (χ2n) is 5.86. The van der Waals surface area contributed by atoms with Gasteiger partial charge in [-0.15, -0.1) is 0 Å². The molecular weight excluding hydrogens is 298 g/mol. The summed E-state index contributed by atoms with van der Waals surface area (Å²) in [5.41, 5.74) is 4.58. The molecule has 118 valence electrons. The minimum absolute atomic E-state index is 0.142. The summed E-state index contributed by atoms with van der Waals surface area (Å²) in [6, 6.07) is 15.0. The number of hydrogen-bond donors (Lipinski definition) is 0. The minimum atomic E-state index is -0.142. The Balaban J connectivity index is 2.11. The van der Waals surface area contributed by atoms with Crippen LogP contribution in [-0.4, -0.2) is 17.9 Å². The van der Waals surface area contributed by atoms with E-state index in [1.807, 2.05) is 38.1 Å². The molecule has 4 nitrogen and oxygen atoms in total. The number of carbonyl (C=O) groups is 1. The van der Waals surface area contributed by atoms with Crippen LogP contribution in [0.2, 0.25) is 0 Å². The Hall–Kier alpha value is -3.19. The van der Waals surface area contributed by atoms with Crippen LogP contribution in [0.25, 0.3) is 10.9 Å². The summed E-state index contributed by atoms with van der Waals surface area (Å²) in [5.74, 6) is -0.142. The highest BCUT2D eigenvalue weighted by atomic mass is 16.2. The van der Waals surface area contributed by atoms with E-state index in [2.05, 4.69) is 11.1 Å². The van der Waals surface area contributed by atoms with E-state index in [0.29, 0.717) is 22.3 Å². The maximum Gasteiger partial charge on any atom is 0.260 e. The van der Waals surface area contributed by atoms with Gasteiger partial charge in [0.25, 0.3) is 5.91 Å². The molecule has 0 radical (unpaired) electrons. The lowest BCUT2D eigenvalue weighted by molar-refractivity contribution is 0.0994. The number of pyridine rings is 1. The van der Waals surface area contributed by atoms with Crippen LogP contribution in [0.4, 0.5) is 5.69 Å². The summed E-state index contributed by atoms with van der Waals surface area (Å²) < 4.78 is 0. The third kappa shape index (κ3) is 2.72. The van der Waals surface area contributed by atoms with Gasteiger partial charge < -0.3 is 4.90 Å². The van der Waals surface area contributed by atoms with Crippen molar-refractivity contribution in [2.24, 2.45) is 0 Å². The summed E-state index contributed by atoms with van der Waals surface area (Å²) in [7, 11) is 1.71. The molecule has 0 fully saturated rings. The number of aryl methyl sites for hydroxylation is 2. The molecule has 4 heteroatoms. The average Bonchev–Trinajstić information content (AvgIpc) is 2.60. The van der Waals surface area contributed by atoms with Crippen LogP contribution in [0, 0.1) is 25.2 Å². The Labute approximate surface area is 141 Å². The molecular formula is C20H17N3O. The van der Waals surface area contributed by atoms with E-state index in [9.17, 15) is 4.79 Å². The molecule has 2 aromatic carbocycles. The number of rotatable bonds is 2. The van der Waals surface area contributed by atoms with Gasteiger partial charge in [-0.2, -0.15) is 5.26 Å². The Kier molecular flexibility index (Phi) is 4.01. The Morgan fingerprint density at radius 2 is 1.96 bits per heavy atom. The van der Waals surface area contributed by atoms with Gasteiger partial charge in [0, 0.05) is 24.3 Å². The normalized spacial score (nSPS) is 10.4. The smallest absolute Gasteiger partial charge is 0.260 e. The Bertz CT molecular complexity index is 986. The first-order valence-corrected chi connectivity index (χ1v) is 7.65. The SMILES string of the molecule is Cc1cc(C(=O)N(C)c2cccc(C#N)c2)c2nccc(C)c2c1. The minimum Gasteiger partial charge on any atom is -0.311 e. The van der Waals surface area contributed by atoms with Gasteiger partial charge in [0.1, 0.15) is 0 Å². The monoisotopic (exact) mass is 315 g/mol. The molecule has 1 amide bonds. The number of aromatic nitrogens is 1. The number of nitriles is 1. The third-order valence-corrected chi connectivity index (χ3v) is 4.10. The van der Waals surface area contributed by atoms with Crippen LogP contribution < -0.4 is 4.90 Å². The molecule has 0 N–H and O–H groups in total. The fraction of sp³-hybridized carbons (Fsp3) is 0.150. The molecule has 24 heavy (non-hydrogen) atoms. The van der Waals surface area contributed by atoms with Crippen molar-refractivity contribution in [2.75, 3.05) is 11.9 Å². The van der Waals surface area contributed by atoms with E-state index in [4.69, 9.17) is 5.26 Å². The second-order valence-corrected chi connectivity index (χ2v) is 5.86. The van der Waals surface area contributed by atoms with Gasteiger partial charge in [-0.05, 0) is 61.4 Å². The van der Waals surface area contributed by atoms with Crippen molar-refractivity contribution in [3.63, 3.8) is 0 Å². The number of carbonyl (C=O) groups excluding carboxylic acids is 1. The van der Waals surface area contributed by atoms with Crippen molar-refractivity contribution < 1.29 is 4.79 Å². The highest BCUT2D eigenvalue weighted by Crippen LogP contribution is 2.25. The van der Waals surface area contributed by atoms with Gasteiger partial charge in [-0.25, -0.2) is 0 Å². The van der Waals surface area contributed by atoms with Gasteiger partial charge >= 0.3 is 0 Å². The molecule has 0 saturated carbocycles. The second kappa shape index (κ2) is 6.13. The molecule has 0 aliphatic carbocycles. The van der Waals surface area contributed by atoms with Crippen LogP contribution in [0.3, 0.4) is 0 Å². The number of benzene rings is 2. The van der Waals surface area contributed by atoms with Crippen LogP contribution >= 0.6 is 0 Å². The summed E-state index contributed by atoms with van der Waals surface area (Å²) in [6.07, 6.45) is 1.72. The summed E-state index contributed by atoms with van der Waals surface area (Å²) in [5, 5.41) is 10.0. The third-order valence-electron chi connectivity index (χ3n) is 4.10. The topological polar surface area (TPSA) is 57.0 Å². The van der Waals surface area contributed by atoms with Crippen molar-refractivity contribution in [3.05, 3.63) is 70.9 Å². The molecule has 0 aliphatic heterocycles. The number of nitrogens with zero attached hydrogens (tertiary/aromatic N) is 3. The first kappa shape index (κ1) is 15.7. The predicted octanol–water partition coefficient (Wildman–Crippen LogP) is 4.00. The van der Waals surface area contributed by atoms with Crippen molar-refractivity contribution in [1.29, 1.82) is 5.26 Å². The van der Waals surface area contributed by atoms with E-state index in [1.54, 1.807) is 36.3 Å². The van der Waals surface area contributed by atoms with E-state index in [1.165, 1.54) is 0 Å². The number of amides is 1. The highest BCUT2D eigenvalue weighted by molar-refractivity contribution is 6.13. The van der Waals surface area contributed by atoms with Crippen molar-refractivity contribution >= 4 is 22.5 Å². The zero-order valence-electron chi connectivity index (χ0n) is 13.9. The van der Waals surface area contributed by atoms with Gasteiger partial charge in [0.2, 0.25) is 0 Å². The Morgan fingerprint density at radius 1 is 1.17 bits per heavy atom. The maximum atomic E-state index is 13.0. The van der Waals surface area contributed by atoms with E-state index in [-0.39, 0.29) is 5.91 Å². The number of anilines is 1. The zero-order valence-corrected chi connectivity index (χ0v) is 13.9. The molecule has 0 unspecified atom stereocenters. The zero-order chi connectivity index (χ0) is 17.3. The molecule has 0 spiro atoms. The standard InChI is InChI=1S/C20H17N3O/c1-13-9-17-14(2)7-8-22-19(17)18(10-13)20(24)23(3)16-6-4-5-15(11-16)12-21/h4-11H,1-3H3.